The van der Waals surface area contributed by atoms with Gasteiger partial charge in [0.2, 0.25) is 0 Å². The molecule has 0 fully saturated rings. The first-order valence-corrected chi connectivity index (χ1v) is 7.59. The maximum atomic E-state index is 12.5. The van der Waals surface area contributed by atoms with Crippen molar-refractivity contribution in [3.63, 3.8) is 0 Å². The van der Waals surface area contributed by atoms with E-state index in [-0.39, 0.29) is 17.9 Å². The summed E-state index contributed by atoms with van der Waals surface area (Å²) >= 11 is 0. The van der Waals surface area contributed by atoms with Gasteiger partial charge in [-0.25, -0.2) is 9.59 Å². The number of benzene rings is 3. The molecule has 0 aliphatic heterocycles. The minimum absolute atomic E-state index is 0.112. The number of fused-ring (bicyclic) bond motifs is 1. The van der Waals surface area contributed by atoms with Crippen molar-refractivity contribution in [3.05, 3.63) is 77.9 Å². The molecule has 0 heterocycles. The van der Waals surface area contributed by atoms with Crippen LogP contribution < -0.4 is 4.74 Å². The Bertz CT molecular complexity index is 977. The summed E-state index contributed by atoms with van der Waals surface area (Å²) in [5, 5.41) is 1.75. The van der Waals surface area contributed by atoms with Crippen molar-refractivity contribution in [1.82, 2.24) is 0 Å². The summed E-state index contributed by atoms with van der Waals surface area (Å²) in [5.74, 6) is 1.42. The van der Waals surface area contributed by atoms with Gasteiger partial charge in [0.05, 0.1) is 11.1 Å². The summed E-state index contributed by atoms with van der Waals surface area (Å²) in [6.07, 6.45) is 5.06. The lowest BCUT2D eigenvalue weighted by Crippen LogP contribution is -2.10. The Kier molecular flexibility index (Phi) is 4.77. The molecule has 122 valence electrons. The fraction of sp³-hybridized carbons (Fsp3) is 0.0476. The van der Waals surface area contributed by atoms with Crippen LogP contribution >= 0.6 is 0 Å². The summed E-state index contributed by atoms with van der Waals surface area (Å²) in [7, 11) is 0. The lowest BCUT2D eigenvalue weighted by atomic mass is 10.0. The van der Waals surface area contributed by atoms with E-state index >= 15 is 0 Å². The van der Waals surface area contributed by atoms with E-state index in [1.807, 2.05) is 30.3 Å². The molecule has 0 amide bonds. The minimum Gasteiger partial charge on any atom is -0.449 e. The van der Waals surface area contributed by atoms with Gasteiger partial charge in [0.15, 0.2) is 6.61 Å². The van der Waals surface area contributed by atoms with Crippen LogP contribution in [-0.4, -0.2) is 18.5 Å². The van der Waals surface area contributed by atoms with E-state index in [1.54, 1.807) is 30.3 Å². The second kappa shape index (κ2) is 7.33. The van der Waals surface area contributed by atoms with Crippen LogP contribution in [0.5, 0.6) is 5.75 Å². The van der Waals surface area contributed by atoms with Crippen LogP contribution in [0.1, 0.15) is 20.7 Å². The van der Waals surface area contributed by atoms with Crippen molar-refractivity contribution >= 4 is 22.7 Å². The number of ether oxygens (including phenoxy) is 2. The highest BCUT2D eigenvalue weighted by molar-refractivity contribution is 6.05. The van der Waals surface area contributed by atoms with Crippen LogP contribution in [0.3, 0.4) is 0 Å². The molecule has 3 aromatic carbocycles. The number of terminal acetylenes is 1. The van der Waals surface area contributed by atoms with Gasteiger partial charge in [-0.1, -0.05) is 48.4 Å². The van der Waals surface area contributed by atoms with Crippen molar-refractivity contribution in [2.75, 3.05) is 6.61 Å². The van der Waals surface area contributed by atoms with Gasteiger partial charge in [0.1, 0.15) is 5.75 Å². The third-order valence-corrected chi connectivity index (χ3v) is 3.58. The minimum atomic E-state index is -0.569. The van der Waals surface area contributed by atoms with Gasteiger partial charge in [-0.05, 0) is 35.0 Å². The largest absolute Gasteiger partial charge is 0.449 e. The molecule has 4 heteroatoms. The van der Waals surface area contributed by atoms with E-state index in [9.17, 15) is 9.59 Å². The molecule has 0 N–H and O–H groups in total. The molecule has 4 nitrogen and oxygen atoms in total. The Morgan fingerprint density at radius 1 is 0.920 bits per heavy atom. The molecule has 3 aromatic rings. The highest BCUT2D eigenvalue weighted by atomic mass is 16.5. The molecule has 0 saturated carbocycles. The van der Waals surface area contributed by atoms with Crippen molar-refractivity contribution in [2.45, 2.75) is 0 Å². The average Bonchev–Trinajstić information content (AvgIpc) is 2.65. The molecule has 0 aliphatic carbocycles. The van der Waals surface area contributed by atoms with Crippen LogP contribution in [0.2, 0.25) is 0 Å². The fourth-order valence-electron chi connectivity index (χ4n) is 2.44. The maximum Gasteiger partial charge on any atom is 0.344 e. The van der Waals surface area contributed by atoms with Crippen LogP contribution in [-0.2, 0) is 4.74 Å². The van der Waals surface area contributed by atoms with E-state index in [1.165, 1.54) is 6.07 Å². The third kappa shape index (κ3) is 3.67. The Morgan fingerprint density at radius 3 is 2.52 bits per heavy atom. The lowest BCUT2D eigenvalue weighted by molar-refractivity contribution is 0.0554. The Labute approximate surface area is 145 Å². The quantitative estimate of drug-likeness (QED) is 0.414. The maximum absolute atomic E-state index is 12.5. The molecule has 0 atom stereocenters. The number of esters is 2. The predicted octanol–water partition coefficient (Wildman–Crippen LogP) is 3.85. The molecule has 25 heavy (non-hydrogen) atoms. The molecular formula is C21H14O4. The van der Waals surface area contributed by atoms with Gasteiger partial charge in [0.25, 0.3) is 0 Å². The van der Waals surface area contributed by atoms with Crippen LogP contribution in [0.15, 0.2) is 66.7 Å². The summed E-state index contributed by atoms with van der Waals surface area (Å²) in [4.78, 5) is 24.3. The molecular weight excluding hydrogens is 316 g/mol. The second-order valence-corrected chi connectivity index (χ2v) is 5.22. The molecule has 0 unspecified atom stereocenters. The molecule has 0 radical (unpaired) electrons. The van der Waals surface area contributed by atoms with E-state index in [0.29, 0.717) is 5.56 Å². The normalized spacial score (nSPS) is 10.0. The Hall–Kier alpha value is -3.58. The van der Waals surface area contributed by atoms with Crippen molar-refractivity contribution < 1.29 is 19.1 Å². The Balaban J connectivity index is 1.84. The zero-order valence-electron chi connectivity index (χ0n) is 13.3. The summed E-state index contributed by atoms with van der Waals surface area (Å²) < 4.78 is 10.3. The standard InChI is InChI=1S/C21H14O4/c1-2-13-24-20(22)16-9-5-10-17(14-16)25-21(23)19-12-6-8-15-7-3-4-11-18(15)19/h1,3-12,14H,13H2. The first-order chi connectivity index (χ1) is 12.2. The molecule has 0 saturated heterocycles. The molecule has 0 spiro atoms. The molecule has 0 aliphatic rings. The van der Waals surface area contributed by atoms with E-state index in [2.05, 4.69) is 5.92 Å². The molecule has 0 aromatic heterocycles. The highest BCUT2D eigenvalue weighted by Gasteiger charge is 2.14. The third-order valence-electron chi connectivity index (χ3n) is 3.58. The van der Waals surface area contributed by atoms with E-state index in [4.69, 9.17) is 15.9 Å². The zero-order chi connectivity index (χ0) is 17.6. The summed E-state index contributed by atoms with van der Waals surface area (Å²) in [6.45, 7) is -0.112. The monoisotopic (exact) mass is 330 g/mol. The van der Waals surface area contributed by atoms with E-state index in [0.717, 1.165) is 10.8 Å². The number of carbonyl (C=O) groups is 2. The number of rotatable bonds is 4. The van der Waals surface area contributed by atoms with Gasteiger partial charge in [-0.2, -0.15) is 0 Å². The van der Waals surface area contributed by atoms with Gasteiger partial charge >= 0.3 is 11.9 Å². The van der Waals surface area contributed by atoms with Gasteiger partial charge in [-0.3, -0.25) is 0 Å². The first-order valence-electron chi connectivity index (χ1n) is 7.59. The Morgan fingerprint density at radius 2 is 1.68 bits per heavy atom. The number of hydrogen-bond acceptors (Lipinski definition) is 4. The first kappa shape index (κ1) is 16.3. The van der Waals surface area contributed by atoms with E-state index < -0.39 is 11.9 Å². The fourth-order valence-corrected chi connectivity index (χ4v) is 2.44. The topological polar surface area (TPSA) is 52.6 Å². The second-order valence-electron chi connectivity index (χ2n) is 5.22. The average molecular weight is 330 g/mol. The number of carbonyl (C=O) groups excluding carboxylic acids is 2. The van der Waals surface area contributed by atoms with Gasteiger partial charge in [-0.15, -0.1) is 6.42 Å². The van der Waals surface area contributed by atoms with Gasteiger partial charge < -0.3 is 9.47 Å². The van der Waals surface area contributed by atoms with Crippen LogP contribution in [0, 0.1) is 12.3 Å². The summed E-state index contributed by atoms with van der Waals surface area (Å²) in [6, 6.07) is 19.2. The SMILES string of the molecule is C#CCOC(=O)c1cccc(OC(=O)c2cccc3ccccc23)c1. The van der Waals surface area contributed by atoms with Crippen LogP contribution in [0.25, 0.3) is 10.8 Å². The van der Waals surface area contributed by atoms with Crippen LogP contribution in [0.4, 0.5) is 0 Å². The zero-order valence-corrected chi connectivity index (χ0v) is 13.3. The highest BCUT2D eigenvalue weighted by Crippen LogP contribution is 2.21. The van der Waals surface area contributed by atoms with Crippen molar-refractivity contribution in [1.29, 1.82) is 0 Å². The van der Waals surface area contributed by atoms with Crippen molar-refractivity contribution in [3.8, 4) is 18.1 Å². The smallest absolute Gasteiger partial charge is 0.344 e. The summed E-state index contributed by atoms with van der Waals surface area (Å²) in [5.41, 5.74) is 0.719. The molecule has 3 rings (SSSR count). The van der Waals surface area contributed by atoms with Gasteiger partial charge in [0, 0.05) is 0 Å². The number of hydrogen-bond donors (Lipinski definition) is 0. The predicted molar refractivity (Wildman–Crippen MR) is 94.5 cm³/mol. The molecule has 0 bridgehead atoms. The lowest BCUT2D eigenvalue weighted by Gasteiger charge is -2.08. The van der Waals surface area contributed by atoms with Crippen molar-refractivity contribution in [2.24, 2.45) is 0 Å².